The molecule has 9 atom stereocenters. The summed E-state index contributed by atoms with van der Waals surface area (Å²) in [5, 5.41) is 58.3. The maximum absolute atomic E-state index is 10.1. The molecule has 0 amide bonds. The molecule has 0 saturated heterocycles. The van der Waals surface area contributed by atoms with Crippen LogP contribution in [0, 0.1) is 17.8 Å². The lowest BCUT2D eigenvalue weighted by atomic mass is 9.60. The minimum Gasteiger partial charge on any atom is -0.396 e. The molecule has 0 aromatic heterocycles. The molecule has 0 aliphatic heterocycles. The highest BCUT2D eigenvalue weighted by molar-refractivity contribution is 7.81. The van der Waals surface area contributed by atoms with Crippen LogP contribution in [0.5, 0.6) is 0 Å². The van der Waals surface area contributed by atoms with Gasteiger partial charge in [-0.2, -0.15) is 12.6 Å². The Kier molecular flexibility index (Phi) is 4.23. The van der Waals surface area contributed by atoms with E-state index in [9.17, 15) is 30.6 Å². The zero-order valence-corrected chi connectivity index (χ0v) is 10.6. The first-order valence-electron chi connectivity index (χ1n) is 6.09. The number of thiol groups is 1. The van der Waals surface area contributed by atoms with Crippen LogP contribution in [0.2, 0.25) is 0 Å². The van der Waals surface area contributed by atoms with Gasteiger partial charge in [-0.05, 0) is 12.3 Å². The maximum atomic E-state index is 10.1. The number of hydrogen-bond donors (Lipinski definition) is 7. The molecule has 0 aromatic rings. The van der Waals surface area contributed by atoms with Crippen molar-refractivity contribution in [1.82, 2.24) is 0 Å². The van der Waals surface area contributed by atoms with Crippen molar-refractivity contribution in [1.29, 1.82) is 0 Å². The second-order valence-corrected chi connectivity index (χ2v) is 6.02. The van der Waals surface area contributed by atoms with E-state index in [0.717, 1.165) is 0 Å². The van der Waals surface area contributed by atoms with Crippen LogP contribution in [-0.2, 0) is 0 Å². The molecule has 2 saturated carbocycles. The third-order valence-corrected chi connectivity index (χ3v) is 4.91. The van der Waals surface area contributed by atoms with Gasteiger partial charge in [-0.25, -0.2) is 0 Å². The molecule has 0 unspecified atom stereocenters. The Bertz CT molecular complexity index is 287. The first-order valence-corrected chi connectivity index (χ1v) is 6.61. The van der Waals surface area contributed by atoms with Crippen LogP contribution in [-0.4, -0.2) is 73.0 Å². The lowest BCUT2D eigenvalue weighted by Gasteiger charge is -2.52. The lowest BCUT2D eigenvalue weighted by molar-refractivity contribution is -0.223. The van der Waals surface area contributed by atoms with Gasteiger partial charge in [0.1, 0.15) is 12.2 Å². The predicted molar refractivity (Wildman–Crippen MR) is 65.0 cm³/mol. The molecule has 0 radical (unpaired) electrons. The highest BCUT2D eigenvalue weighted by atomic mass is 32.1. The van der Waals surface area contributed by atoms with Crippen LogP contribution in [0.1, 0.15) is 6.42 Å². The van der Waals surface area contributed by atoms with Crippen LogP contribution in [0.3, 0.4) is 0 Å². The molecule has 2 fully saturated rings. The molecule has 0 spiro atoms. The van der Waals surface area contributed by atoms with E-state index in [4.69, 9.17) is 0 Å². The van der Waals surface area contributed by atoms with Gasteiger partial charge in [-0.3, -0.25) is 0 Å². The number of aliphatic hydroxyl groups is 6. The summed E-state index contributed by atoms with van der Waals surface area (Å²) in [7, 11) is 0. The van der Waals surface area contributed by atoms with Gasteiger partial charge in [0.25, 0.3) is 0 Å². The molecular formula is C11H20O6S. The summed E-state index contributed by atoms with van der Waals surface area (Å²) in [6, 6.07) is 0. The Labute approximate surface area is 110 Å². The van der Waals surface area contributed by atoms with Crippen molar-refractivity contribution in [3.8, 4) is 0 Å². The molecule has 2 aliphatic rings. The van der Waals surface area contributed by atoms with Crippen molar-refractivity contribution in [2.75, 3.05) is 6.61 Å². The van der Waals surface area contributed by atoms with E-state index < -0.39 is 47.6 Å². The summed E-state index contributed by atoms with van der Waals surface area (Å²) in [5.74, 6) is -1.82. The molecule has 6 N–H and O–H groups in total. The van der Waals surface area contributed by atoms with E-state index in [-0.39, 0.29) is 12.5 Å². The van der Waals surface area contributed by atoms with Gasteiger partial charge in [-0.1, -0.05) is 0 Å². The molecule has 18 heavy (non-hydrogen) atoms. The molecule has 2 aliphatic carbocycles. The van der Waals surface area contributed by atoms with E-state index in [2.05, 4.69) is 12.6 Å². The predicted octanol–water partition coefficient (Wildman–Crippen LogP) is -2.65. The zero-order valence-electron chi connectivity index (χ0n) is 9.74. The number of rotatable bonds is 1. The normalized spacial score (nSPS) is 57.2. The Morgan fingerprint density at radius 3 is 1.78 bits per heavy atom. The monoisotopic (exact) mass is 280 g/mol. The van der Waals surface area contributed by atoms with Crippen molar-refractivity contribution in [2.24, 2.45) is 17.8 Å². The SMILES string of the molecule is OC[C@H]1C[C@H](S)[C@@H](O)[C@@H]2[C@@H](O)[C@H](O)[C@@H](O)[C@H](O)[C@H]12. The van der Waals surface area contributed by atoms with E-state index in [1.807, 2.05) is 0 Å². The van der Waals surface area contributed by atoms with E-state index in [1.165, 1.54) is 0 Å². The fraction of sp³-hybridized carbons (Fsp3) is 1.00. The Balaban J connectivity index is 2.33. The van der Waals surface area contributed by atoms with Gasteiger partial charge >= 0.3 is 0 Å². The van der Waals surface area contributed by atoms with E-state index in [0.29, 0.717) is 6.42 Å². The first kappa shape index (κ1) is 14.5. The highest BCUT2D eigenvalue weighted by Crippen LogP contribution is 2.45. The van der Waals surface area contributed by atoms with Crippen molar-refractivity contribution < 1.29 is 30.6 Å². The van der Waals surface area contributed by atoms with Gasteiger partial charge in [0.05, 0.1) is 18.3 Å². The summed E-state index contributed by atoms with van der Waals surface area (Å²) >= 11 is 4.21. The minimum atomic E-state index is -1.51. The Morgan fingerprint density at radius 1 is 0.778 bits per heavy atom. The Morgan fingerprint density at radius 2 is 1.28 bits per heavy atom. The fourth-order valence-electron chi connectivity index (χ4n) is 3.40. The standard InChI is InChI=1S/C11H20O6S/c12-2-3-1-4(18)7(13)6-5(3)8(14)10(16)11(17)9(6)15/h3-18H,1-2H2/t3-,4+,5-,6-,7-,8-,9-,10+,11+/m1/s1. The van der Waals surface area contributed by atoms with Crippen molar-refractivity contribution in [2.45, 2.75) is 42.2 Å². The second kappa shape index (κ2) is 5.24. The summed E-state index contributed by atoms with van der Waals surface area (Å²) in [4.78, 5) is 0. The quantitative estimate of drug-likeness (QED) is 0.263. The number of aliphatic hydroxyl groups excluding tert-OH is 6. The largest absolute Gasteiger partial charge is 0.396 e. The van der Waals surface area contributed by atoms with Crippen molar-refractivity contribution in [3.05, 3.63) is 0 Å². The minimum absolute atomic E-state index is 0.225. The third kappa shape index (κ3) is 2.07. The molecular weight excluding hydrogens is 260 g/mol. The van der Waals surface area contributed by atoms with E-state index >= 15 is 0 Å². The summed E-state index contributed by atoms with van der Waals surface area (Å²) in [6.45, 7) is -0.225. The lowest BCUT2D eigenvalue weighted by Crippen LogP contribution is -2.66. The number of fused-ring (bicyclic) bond motifs is 1. The van der Waals surface area contributed by atoms with Crippen LogP contribution in [0.4, 0.5) is 0 Å². The van der Waals surface area contributed by atoms with Crippen molar-refractivity contribution in [3.63, 3.8) is 0 Å². The first-order chi connectivity index (χ1) is 8.40. The van der Waals surface area contributed by atoms with Gasteiger partial charge in [0, 0.05) is 23.7 Å². The molecule has 106 valence electrons. The zero-order chi connectivity index (χ0) is 13.6. The summed E-state index contributed by atoms with van der Waals surface area (Å²) < 4.78 is 0. The molecule has 0 aromatic carbocycles. The topological polar surface area (TPSA) is 121 Å². The average molecular weight is 280 g/mol. The third-order valence-electron chi connectivity index (χ3n) is 4.39. The van der Waals surface area contributed by atoms with Crippen molar-refractivity contribution >= 4 is 12.6 Å². The summed E-state index contributed by atoms with van der Waals surface area (Å²) in [5.41, 5.74) is 0. The van der Waals surface area contributed by atoms with Crippen LogP contribution >= 0.6 is 12.6 Å². The molecule has 0 heterocycles. The van der Waals surface area contributed by atoms with Gasteiger partial charge in [0.2, 0.25) is 0 Å². The van der Waals surface area contributed by atoms with Gasteiger partial charge in [-0.15, -0.1) is 0 Å². The maximum Gasteiger partial charge on any atom is 0.109 e. The van der Waals surface area contributed by atoms with Crippen LogP contribution < -0.4 is 0 Å². The summed E-state index contributed by atoms with van der Waals surface area (Å²) in [6.07, 6.45) is -6.21. The Hall–Kier alpha value is 0.110. The van der Waals surface area contributed by atoms with Gasteiger partial charge in [0.15, 0.2) is 0 Å². The smallest absolute Gasteiger partial charge is 0.109 e. The van der Waals surface area contributed by atoms with Gasteiger partial charge < -0.3 is 30.6 Å². The molecule has 2 rings (SSSR count). The molecule has 6 nitrogen and oxygen atoms in total. The average Bonchev–Trinajstić information content (AvgIpc) is 2.36. The highest BCUT2D eigenvalue weighted by Gasteiger charge is 2.56. The van der Waals surface area contributed by atoms with Crippen LogP contribution in [0.15, 0.2) is 0 Å². The second-order valence-electron chi connectivity index (χ2n) is 5.35. The van der Waals surface area contributed by atoms with E-state index in [1.54, 1.807) is 0 Å². The molecule has 7 heteroatoms. The fourth-order valence-corrected chi connectivity index (χ4v) is 3.87. The number of hydrogen-bond acceptors (Lipinski definition) is 7. The molecule has 0 bridgehead atoms. The van der Waals surface area contributed by atoms with Crippen LogP contribution in [0.25, 0.3) is 0 Å².